The molecule has 0 aliphatic rings. The molecule has 0 saturated carbocycles. The molecule has 4 nitrogen and oxygen atoms in total. The average Bonchev–Trinajstić information content (AvgIpc) is 2.76. The summed E-state index contributed by atoms with van der Waals surface area (Å²) in [6.07, 6.45) is 0. The van der Waals surface area contributed by atoms with Gasteiger partial charge in [0.15, 0.2) is 5.01 Å². The molecule has 6 heteroatoms. The van der Waals surface area contributed by atoms with Crippen LogP contribution in [0, 0.1) is 0 Å². The van der Waals surface area contributed by atoms with Crippen LogP contribution in [-0.2, 0) is 6.61 Å². The third-order valence-electron chi connectivity index (χ3n) is 1.86. The molecule has 0 aliphatic heterocycles. The van der Waals surface area contributed by atoms with Crippen molar-refractivity contribution in [2.75, 3.05) is 12.4 Å². The first-order valence-corrected chi connectivity index (χ1v) is 5.86. The molecule has 1 heterocycles. The van der Waals surface area contributed by atoms with Crippen molar-refractivity contribution in [1.82, 2.24) is 10.2 Å². The molecule has 0 amide bonds. The number of aromatic nitrogens is 2. The van der Waals surface area contributed by atoms with Crippen molar-refractivity contribution in [2.45, 2.75) is 6.61 Å². The Labute approximate surface area is 102 Å². The molecule has 0 radical (unpaired) electrons. The van der Waals surface area contributed by atoms with Crippen LogP contribution in [0.15, 0.2) is 24.3 Å². The number of nitrogens with one attached hydrogen (secondary N) is 1. The van der Waals surface area contributed by atoms with Crippen molar-refractivity contribution in [2.24, 2.45) is 0 Å². The second-order valence-electron chi connectivity index (χ2n) is 2.99. The Kier molecular flexibility index (Phi) is 3.58. The third-order valence-corrected chi connectivity index (χ3v) is 3.02. The number of hydrogen-bond acceptors (Lipinski definition) is 5. The molecule has 1 aromatic carbocycles. The minimum Gasteiger partial charge on any atom is -0.486 e. The lowest BCUT2D eigenvalue weighted by Crippen LogP contribution is -1.94. The van der Waals surface area contributed by atoms with Gasteiger partial charge in [-0.3, -0.25) is 0 Å². The van der Waals surface area contributed by atoms with Gasteiger partial charge in [-0.15, -0.1) is 10.2 Å². The van der Waals surface area contributed by atoms with E-state index < -0.39 is 0 Å². The van der Waals surface area contributed by atoms with Gasteiger partial charge in [0.1, 0.15) is 12.4 Å². The molecule has 2 rings (SSSR count). The number of ether oxygens (including phenoxy) is 1. The molecule has 0 spiro atoms. The standard InChI is InChI=1S/C10H10ClN3OS/c1-12-10-14-13-9(16-10)6-15-8-4-2-7(11)3-5-8/h2-5H,6H2,1H3,(H,12,14). The first-order chi connectivity index (χ1) is 7.78. The molecule has 0 atom stereocenters. The molecule has 1 N–H and O–H groups in total. The largest absolute Gasteiger partial charge is 0.486 e. The Bertz CT molecular complexity index is 457. The van der Waals surface area contributed by atoms with Crippen LogP contribution in [0.2, 0.25) is 5.02 Å². The summed E-state index contributed by atoms with van der Waals surface area (Å²) in [7, 11) is 1.81. The fourth-order valence-electron chi connectivity index (χ4n) is 1.09. The molecular formula is C10H10ClN3OS. The fraction of sp³-hybridized carbons (Fsp3) is 0.200. The first-order valence-electron chi connectivity index (χ1n) is 4.66. The molecule has 0 aliphatic carbocycles. The minimum absolute atomic E-state index is 0.418. The van der Waals surface area contributed by atoms with Gasteiger partial charge < -0.3 is 10.1 Å². The van der Waals surface area contributed by atoms with E-state index in [1.54, 1.807) is 12.1 Å². The predicted octanol–water partition coefficient (Wildman–Crippen LogP) is 2.81. The quantitative estimate of drug-likeness (QED) is 0.913. The molecular weight excluding hydrogens is 246 g/mol. The van der Waals surface area contributed by atoms with Crippen LogP contribution in [0.25, 0.3) is 0 Å². The summed E-state index contributed by atoms with van der Waals surface area (Å²) < 4.78 is 5.53. The monoisotopic (exact) mass is 255 g/mol. The SMILES string of the molecule is CNc1nnc(COc2ccc(Cl)cc2)s1. The van der Waals surface area contributed by atoms with E-state index in [1.165, 1.54) is 11.3 Å². The van der Waals surface area contributed by atoms with Crippen LogP contribution in [0.1, 0.15) is 5.01 Å². The highest BCUT2D eigenvalue weighted by Crippen LogP contribution is 2.19. The summed E-state index contributed by atoms with van der Waals surface area (Å²) in [5.74, 6) is 0.769. The summed E-state index contributed by atoms with van der Waals surface area (Å²) >= 11 is 7.24. The smallest absolute Gasteiger partial charge is 0.205 e. The summed E-state index contributed by atoms with van der Waals surface area (Å²) in [5.41, 5.74) is 0. The number of halogens is 1. The lowest BCUT2D eigenvalue weighted by molar-refractivity contribution is 0.304. The Morgan fingerprint density at radius 2 is 2.06 bits per heavy atom. The molecule has 0 unspecified atom stereocenters. The van der Waals surface area contributed by atoms with Crippen LogP contribution < -0.4 is 10.1 Å². The lowest BCUT2D eigenvalue weighted by atomic mass is 10.3. The van der Waals surface area contributed by atoms with Crippen molar-refractivity contribution >= 4 is 28.1 Å². The van der Waals surface area contributed by atoms with Gasteiger partial charge in [-0.05, 0) is 24.3 Å². The average molecular weight is 256 g/mol. The summed E-state index contributed by atoms with van der Waals surface area (Å²) in [5, 5.41) is 13.1. The Morgan fingerprint density at radius 1 is 1.31 bits per heavy atom. The molecule has 1 aromatic heterocycles. The maximum Gasteiger partial charge on any atom is 0.205 e. The van der Waals surface area contributed by atoms with E-state index in [9.17, 15) is 0 Å². The first kappa shape index (κ1) is 11.2. The van der Waals surface area contributed by atoms with Crippen molar-refractivity contribution < 1.29 is 4.74 Å². The molecule has 0 fully saturated rings. The maximum absolute atomic E-state index is 5.77. The number of nitrogens with zero attached hydrogens (tertiary/aromatic N) is 2. The van der Waals surface area contributed by atoms with Crippen LogP contribution in [-0.4, -0.2) is 17.2 Å². The van der Waals surface area contributed by atoms with Crippen molar-refractivity contribution in [3.05, 3.63) is 34.3 Å². The van der Waals surface area contributed by atoms with Gasteiger partial charge in [0.05, 0.1) is 0 Å². The summed E-state index contributed by atoms with van der Waals surface area (Å²) in [4.78, 5) is 0. The molecule has 16 heavy (non-hydrogen) atoms. The van der Waals surface area contributed by atoms with E-state index in [1.807, 2.05) is 19.2 Å². The van der Waals surface area contributed by atoms with Crippen molar-refractivity contribution in [1.29, 1.82) is 0 Å². The molecule has 2 aromatic rings. The summed E-state index contributed by atoms with van der Waals surface area (Å²) in [6, 6.07) is 7.22. The van der Waals surface area contributed by atoms with Crippen molar-refractivity contribution in [3.63, 3.8) is 0 Å². The zero-order chi connectivity index (χ0) is 11.4. The third kappa shape index (κ3) is 2.84. The second kappa shape index (κ2) is 5.14. The van der Waals surface area contributed by atoms with E-state index in [0.717, 1.165) is 15.9 Å². The molecule has 0 bridgehead atoms. The van der Waals surface area contributed by atoms with Gasteiger partial charge in [0, 0.05) is 12.1 Å². The highest BCUT2D eigenvalue weighted by Gasteiger charge is 2.03. The van der Waals surface area contributed by atoms with Gasteiger partial charge >= 0.3 is 0 Å². The number of benzene rings is 1. The van der Waals surface area contributed by atoms with E-state index in [2.05, 4.69) is 15.5 Å². The highest BCUT2D eigenvalue weighted by atomic mass is 35.5. The Morgan fingerprint density at radius 3 is 2.69 bits per heavy atom. The zero-order valence-electron chi connectivity index (χ0n) is 8.61. The van der Waals surface area contributed by atoms with Gasteiger partial charge in [-0.2, -0.15) is 0 Å². The van der Waals surface area contributed by atoms with E-state index in [-0.39, 0.29) is 0 Å². The van der Waals surface area contributed by atoms with Gasteiger partial charge in [0.2, 0.25) is 5.13 Å². The highest BCUT2D eigenvalue weighted by molar-refractivity contribution is 7.15. The van der Waals surface area contributed by atoms with Gasteiger partial charge in [-0.25, -0.2) is 0 Å². The van der Waals surface area contributed by atoms with Gasteiger partial charge in [-0.1, -0.05) is 22.9 Å². The topological polar surface area (TPSA) is 47.0 Å². The molecule has 84 valence electrons. The van der Waals surface area contributed by atoms with Crippen LogP contribution in [0.3, 0.4) is 0 Å². The number of rotatable bonds is 4. The Hall–Kier alpha value is -1.33. The second-order valence-corrected chi connectivity index (χ2v) is 4.49. The number of hydrogen-bond donors (Lipinski definition) is 1. The predicted molar refractivity (Wildman–Crippen MR) is 65.2 cm³/mol. The molecule has 0 saturated heterocycles. The maximum atomic E-state index is 5.77. The van der Waals surface area contributed by atoms with Crippen LogP contribution in [0.5, 0.6) is 5.75 Å². The van der Waals surface area contributed by atoms with Crippen LogP contribution >= 0.6 is 22.9 Å². The summed E-state index contributed by atoms with van der Waals surface area (Å²) in [6.45, 7) is 0.418. The van der Waals surface area contributed by atoms with E-state index in [4.69, 9.17) is 16.3 Å². The minimum atomic E-state index is 0.418. The van der Waals surface area contributed by atoms with E-state index in [0.29, 0.717) is 11.6 Å². The number of anilines is 1. The van der Waals surface area contributed by atoms with Crippen molar-refractivity contribution in [3.8, 4) is 5.75 Å². The normalized spacial score (nSPS) is 10.1. The van der Waals surface area contributed by atoms with Gasteiger partial charge in [0.25, 0.3) is 0 Å². The Balaban J connectivity index is 1.94. The fourth-order valence-corrected chi connectivity index (χ4v) is 1.82. The van der Waals surface area contributed by atoms with E-state index >= 15 is 0 Å². The zero-order valence-corrected chi connectivity index (χ0v) is 10.2. The van der Waals surface area contributed by atoms with Crippen LogP contribution in [0.4, 0.5) is 5.13 Å². The lowest BCUT2D eigenvalue weighted by Gasteiger charge is -2.02.